The molecule has 2 rings (SSSR count). The van der Waals surface area contributed by atoms with Crippen molar-refractivity contribution >= 4 is 21.6 Å². The summed E-state index contributed by atoms with van der Waals surface area (Å²) in [7, 11) is -3.52. The summed E-state index contributed by atoms with van der Waals surface area (Å²) in [5.74, 6) is 0. The van der Waals surface area contributed by atoms with Crippen molar-refractivity contribution < 1.29 is 8.42 Å². The molecule has 0 aliphatic heterocycles. The fourth-order valence-electron chi connectivity index (χ4n) is 1.70. The highest BCUT2D eigenvalue weighted by Gasteiger charge is 2.14. The topological polar surface area (TPSA) is 59.1 Å². The molecule has 0 saturated heterocycles. The van der Waals surface area contributed by atoms with E-state index < -0.39 is 10.0 Å². The average Bonchev–Trinajstić information content (AvgIpc) is 2.43. The molecule has 0 aliphatic rings. The summed E-state index contributed by atoms with van der Waals surface area (Å²) in [6, 6.07) is 8.43. The molecule has 20 heavy (non-hydrogen) atoms. The fraction of sp³-hybridized carbons (Fsp3) is 0.214. The van der Waals surface area contributed by atoms with Gasteiger partial charge in [0.25, 0.3) is 0 Å². The summed E-state index contributed by atoms with van der Waals surface area (Å²) in [6.45, 7) is 2.16. The van der Waals surface area contributed by atoms with Gasteiger partial charge in [-0.15, -0.1) is 0 Å². The van der Waals surface area contributed by atoms with Gasteiger partial charge < -0.3 is 0 Å². The Kier molecular flexibility index (Phi) is 4.75. The van der Waals surface area contributed by atoms with Crippen LogP contribution in [0.1, 0.15) is 11.1 Å². The Morgan fingerprint density at radius 2 is 1.90 bits per heavy atom. The first kappa shape index (κ1) is 15.0. The quantitative estimate of drug-likeness (QED) is 0.923. The zero-order valence-corrected chi connectivity index (χ0v) is 12.6. The van der Waals surface area contributed by atoms with E-state index in [1.165, 1.54) is 6.07 Å². The van der Waals surface area contributed by atoms with Gasteiger partial charge in [-0.1, -0.05) is 17.7 Å². The Morgan fingerprint density at radius 3 is 2.55 bits per heavy atom. The summed E-state index contributed by atoms with van der Waals surface area (Å²) in [5, 5.41) is 0.446. The van der Waals surface area contributed by atoms with E-state index in [1.54, 1.807) is 24.5 Å². The van der Waals surface area contributed by atoms with Gasteiger partial charge in [0.2, 0.25) is 10.0 Å². The Morgan fingerprint density at radius 1 is 1.20 bits per heavy atom. The Bertz CT molecular complexity index is 688. The van der Waals surface area contributed by atoms with Crippen molar-refractivity contribution in [1.29, 1.82) is 0 Å². The SMILES string of the molecule is Cc1ccc(S(=O)(=O)NCCc2ccncc2)cc1Cl. The van der Waals surface area contributed by atoms with Gasteiger partial charge in [-0.25, -0.2) is 13.1 Å². The minimum Gasteiger partial charge on any atom is -0.265 e. The number of hydrogen-bond acceptors (Lipinski definition) is 3. The lowest BCUT2D eigenvalue weighted by atomic mass is 10.2. The van der Waals surface area contributed by atoms with Gasteiger partial charge in [-0.3, -0.25) is 4.98 Å². The molecular formula is C14H15ClN2O2S. The summed E-state index contributed by atoms with van der Waals surface area (Å²) in [4.78, 5) is 4.10. The van der Waals surface area contributed by atoms with E-state index in [-0.39, 0.29) is 4.90 Å². The van der Waals surface area contributed by atoms with E-state index in [9.17, 15) is 8.42 Å². The number of rotatable bonds is 5. The van der Waals surface area contributed by atoms with Crippen LogP contribution in [0.3, 0.4) is 0 Å². The monoisotopic (exact) mass is 310 g/mol. The number of sulfonamides is 1. The molecule has 4 nitrogen and oxygen atoms in total. The highest BCUT2D eigenvalue weighted by atomic mass is 35.5. The molecule has 0 fully saturated rings. The Hall–Kier alpha value is -1.43. The van der Waals surface area contributed by atoms with Crippen LogP contribution >= 0.6 is 11.6 Å². The largest absolute Gasteiger partial charge is 0.265 e. The molecule has 1 aromatic heterocycles. The lowest BCUT2D eigenvalue weighted by Gasteiger charge is -2.08. The molecule has 1 heterocycles. The van der Waals surface area contributed by atoms with Gasteiger partial charge >= 0.3 is 0 Å². The summed E-state index contributed by atoms with van der Waals surface area (Å²) < 4.78 is 26.8. The minimum atomic E-state index is -3.52. The molecule has 6 heteroatoms. The van der Waals surface area contributed by atoms with E-state index in [0.717, 1.165) is 11.1 Å². The number of nitrogens with one attached hydrogen (secondary N) is 1. The first-order valence-corrected chi connectivity index (χ1v) is 8.00. The maximum absolute atomic E-state index is 12.1. The van der Waals surface area contributed by atoms with E-state index in [1.807, 2.05) is 19.1 Å². The van der Waals surface area contributed by atoms with Crippen LogP contribution in [-0.4, -0.2) is 19.9 Å². The number of hydrogen-bond donors (Lipinski definition) is 1. The van der Waals surface area contributed by atoms with Crippen LogP contribution in [0.5, 0.6) is 0 Å². The molecule has 0 atom stereocenters. The minimum absolute atomic E-state index is 0.183. The third kappa shape index (κ3) is 3.79. The van der Waals surface area contributed by atoms with Crippen LogP contribution < -0.4 is 4.72 Å². The van der Waals surface area contributed by atoms with Crippen molar-refractivity contribution in [2.45, 2.75) is 18.2 Å². The molecule has 0 unspecified atom stereocenters. The summed E-state index contributed by atoms with van der Waals surface area (Å²) in [5.41, 5.74) is 1.88. The van der Waals surface area contributed by atoms with Gasteiger partial charge in [0, 0.05) is 24.0 Å². The van der Waals surface area contributed by atoms with Crippen LogP contribution in [-0.2, 0) is 16.4 Å². The molecule has 0 bridgehead atoms. The molecule has 2 aromatic rings. The van der Waals surface area contributed by atoms with E-state index in [2.05, 4.69) is 9.71 Å². The van der Waals surface area contributed by atoms with E-state index in [0.29, 0.717) is 18.0 Å². The van der Waals surface area contributed by atoms with E-state index in [4.69, 9.17) is 11.6 Å². The van der Waals surface area contributed by atoms with Crippen LogP contribution in [0, 0.1) is 6.92 Å². The molecule has 0 radical (unpaired) electrons. The molecule has 0 spiro atoms. The normalized spacial score (nSPS) is 11.5. The zero-order valence-electron chi connectivity index (χ0n) is 11.0. The maximum Gasteiger partial charge on any atom is 0.240 e. The first-order valence-electron chi connectivity index (χ1n) is 6.14. The standard InChI is InChI=1S/C14H15ClN2O2S/c1-11-2-3-13(10-14(11)15)20(18,19)17-9-6-12-4-7-16-8-5-12/h2-5,7-8,10,17H,6,9H2,1H3. The molecule has 0 aliphatic carbocycles. The van der Waals surface area contributed by atoms with Crippen LogP contribution in [0.15, 0.2) is 47.6 Å². The molecule has 0 amide bonds. The van der Waals surface area contributed by atoms with Crippen molar-refractivity contribution in [3.8, 4) is 0 Å². The van der Waals surface area contributed by atoms with E-state index >= 15 is 0 Å². The van der Waals surface area contributed by atoms with Gasteiger partial charge in [0.1, 0.15) is 0 Å². The van der Waals surface area contributed by atoms with Crippen molar-refractivity contribution in [1.82, 2.24) is 9.71 Å². The highest BCUT2D eigenvalue weighted by Crippen LogP contribution is 2.19. The second-order valence-electron chi connectivity index (χ2n) is 4.41. The second kappa shape index (κ2) is 6.35. The third-order valence-electron chi connectivity index (χ3n) is 2.91. The third-order valence-corrected chi connectivity index (χ3v) is 4.77. The summed E-state index contributed by atoms with van der Waals surface area (Å²) >= 11 is 5.95. The molecule has 106 valence electrons. The number of benzene rings is 1. The first-order chi connectivity index (χ1) is 9.49. The number of pyridine rings is 1. The molecule has 1 N–H and O–H groups in total. The van der Waals surface area contributed by atoms with Crippen molar-refractivity contribution in [2.24, 2.45) is 0 Å². The number of nitrogens with zero attached hydrogens (tertiary/aromatic N) is 1. The van der Waals surface area contributed by atoms with Crippen molar-refractivity contribution in [3.63, 3.8) is 0 Å². The van der Waals surface area contributed by atoms with Gasteiger partial charge in [-0.05, 0) is 48.7 Å². The number of halogens is 1. The average molecular weight is 311 g/mol. The fourth-order valence-corrected chi connectivity index (χ4v) is 3.01. The van der Waals surface area contributed by atoms with Gasteiger partial charge in [-0.2, -0.15) is 0 Å². The number of aromatic nitrogens is 1. The lowest BCUT2D eigenvalue weighted by Crippen LogP contribution is -2.26. The van der Waals surface area contributed by atoms with Gasteiger partial charge in [0.05, 0.1) is 4.90 Å². The second-order valence-corrected chi connectivity index (χ2v) is 6.59. The van der Waals surface area contributed by atoms with Crippen molar-refractivity contribution in [2.75, 3.05) is 6.54 Å². The predicted molar refractivity (Wildman–Crippen MR) is 79.3 cm³/mol. The van der Waals surface area contributed by atoms with Crippen molar-refractivity contribution in [3.05, 3.63) is 58.9 Å². The highest BCUT2D eigenvalue weighted by molar-refractivity contribution is 7.89. The molecule has 0 saturated carbocycles. The van der Waals surface area contributed by atoms with Crippen LogP contribution in [0.2, 0.25) is 5.02 Å². The van der Waals surface area contributed by atoms with Gasteiger partial charge in [0.15, 0.2) is 0 Å². The van der Waals surface area contributed by atoms with Crippen LogP contribution in [0.4, 0.5) is 0 Å². The Balaban J connectivity index is 2.02. The smallest absolute Gasteiger partial charge is 0.240 e. The maximum atomic E-state index is 12.1. The molecular weight excluding hydrogens is 296 g/mol. The predicted octanol–water partition coefficient (Wildman–Crippen LogP) is 2.56. The van der Waals surface area contributed by atoms with Crippen LogP contribution in [0.25, 0.3) is 0 Å². The zero-order chi connectivity index (χ0) is 14.6. The summed E-state index contributed by atoms with van der Waals surface area (Å²) in [6.07, 6.45) is 3.98. The number of aryl methyl sites for hydroxylation is 1. The molecule has 1 aromatic carbocycles. The lowest BCUT2D eigenvalue weighted by molar-refractivity contribution is 0.581. The Labute approximate surface area is 123 Å².